The predicted molar refractivity (Wildman–Crippen MR) is 60.7 cm³/mol. The Morgan fingerprint density at radius 2 is 2.13 bits per heavy atom. The Bertz CT molecular complexity index is 415. The van der Waals surface area contributed by atoms with E-state index in [1.807, 2.05) is 0 Å². The number of carbonyl (C=O) groups excluding carboxylic acids is 1. The Balaban J connectivity index is 3.29. The molecule has 0 unspecified atom stereocenters. The van der Waals surface area contributed by atoms with E-state index in [0.717, 1.165) is 0 Å². The van der Waals surface area contributed by atoms with Crippen LogP contribution in [0.1, 0.15) is 5.56 Å². The molecule has 0 saturated heterocycles. The molecule has 5 heteroatoms. The van der Waals surface area contributed by atoms with Crippen LogP contribution in [0.25, 0.3) is 5.57 Å². The van der Waals surface area contributed by atoms with Crippen molar-refractivity contribution in [1.82, 2.24) is 0 Å². The number of rotatable bonds is 4. The summed E-state index contributed by atoms with van der Waals surface area (Å²) < 4.78 is 0. The van der Waals surface area contributed by atoms with Crippen molar-refractivity contribution in [2.45, 2.75) is 0 Å². The monoisotopic (exact) mass is 223 g/mol. The minimum Gasteiger partial charge on any atom is -0.298 e. The summed E-state index contributed by atoms with van der Waals surface area (Å²) in [5, 5.41) is 12.3. The topological polar surface area (TPSA) is 60.2 Å². The molecule has 15 heavy (non-hydrogen) atoms. The van der Waals surface area contributed by atoms with Gasteiger partial charge in [-0.05, 0) is 17.7 Å². The Morgan fingerprint density at radius 3 is 2.67 bits per heavy atom. The molecule has 0 amide bonds. The van der Waals surface area contributed by atoms with Gasteiger partial charge in [-0.25, -0.2) is 0 Å². The van der Waals surface area contributed by atoms with Crippen LogP contribution in [0.2, 0.25) is 0 Å². The normalized spacial score (nSPS) is 11.1. The first kappa shape index (κ1) is 11.5. The summed E-state index contributed by atoms with van der Waals surface area (Å²) in [6, 6.07) is 6.19. The zero-order valence-electron chi connectivity index (χ0n) is 8.04. The number of hydrogen-bond acceptors (Lipinski definition) is 4. The van der Waals surface area contributed by atoms with E-state index < -0.39 is 4.92 Å². The van der Waals surface area contributed by atoms with Crippen LogP contribution in [-0.2, 0) is 4.79 Å². The number of aldehydes is 1. The van der Waals surface area contributed by atoms with Crippen molar-refractivity contribution in [3.05, 3.63) is 45.4 Å². The molecular formula is C10H9NO3S. The lowest BCUT2D eigenvalue weighted by molar-refractivity contribution is -0.385. The first-order chi connectivity index (χ1) is 7.20. The lowest BCUT2D eigenvalue weighted by Gasteiger charge is -2.00. The van der Waals surface area contributed by atoms with E-state index in [0.29, 0.717) is 17.4 Å². The van der Waals surface area contributed by atoms with E-state index in [-0.39, 0.29) is 5.69 Å². The van der Waals surface area contributed by atoms with Crippen molar-refractivity contribution in [1.29, 1.82) is 0 Å². The molecule has 0 heterocycles. The number of nitro benzene ring substituents is 1. The van der Waals surface area contributed by atoms with Gasteiger partial charge in [0, 0.05) is 11.6 Å². The van der Waals surface area contributed by atoms with Gasteiger partial charge in [0.25, 0.3) is 5.69 Å². The maximum Gasteiger partial charge on any atom is 0.277 e. The highest BCUT2D eigenvalue weighted by Gasteiger charge is 2.15. The van der Waals surface area contributed by atoms with Gasteiger partial charge in [0.2, 0.25) is 0 Å². The molecule has 0 aliphatic rings. The highest BCUT2D eigenvalue weighted by molar-refractivity contribution is 8.01. The summed E-state index contributed by atoms with van der Waals surface area (Å²) in [6.07, 6.45) is 2.41. The molecule has 1 aromatic rings. The van der Waals surface area contributed by atoms with Crippen molar-refractivity contribution >= 4 is 29.3 Å². The van der Waals surface area contributed by atoms with Gasteiger partial charge in [0.05, 0.1) is 10.5 Å². The molecule has 78 valence electrons. The van der Waals surface area contributed by atoms with E-state index in [9.17, 15) is 14.9 Å². The lowest BCUT2D eigenvalue weighted by Crippen LogP contribution is -1.95. The summed E-state index contributed by atoms with van der Waals surface area (Å²) in [6.45, 7) is 0. The molecule has 0 fully saturated rings. The van der Waals surface area contributed by atoms with E-state index in [2.05, 4.69) is 0 Å². The third kappa shape index (κ3) is 2.66. The first-order valence-corrected chi connectivity index (χ1v) is 5.41. The van der Waals surface area contributed by atoms with Crippen LogP contribution in [0, 0.1) is 10.1 Å². The lowest BCUT2D eigenvalue weighted by atomic mass is 10.1. The maximum absolute atomic E-state index is 10.8. The fourth-order valence-corrected chi connectivity index (χ4v) is 1.60. The largest absolute Gasteiger partial charge is 0.298 e. The molecule has 0 N–H and O–H groups in total. The number of para-hydroxylation sites is 1. The number of allylic oxidation sites excluding steroid dienone is 1. The van der Waals surface area contributed by atoms with Gasteiger partial charge < -0.3 is 0 Å². The molecule has 0 aliphatic carbocycles. The molecular weight excluding hydrogens is 214 g/mol. The fraction of sp³-hybridized carbons (Fsp3) is 0.100. The van der Waals surface area contributed by atoms with E-state index >= 15 is 0 Å². The van der Waals surface area contributed by atoms with Crippen LogP contribution in [0.5, 0.6) is 0 Å². The molecule has 1 aromatic carbocycles. The Labute approximate surface area is 91.1 Å². The molecule has 0 aliphatic heterocycles. The van der Waals surface area contributed by atoms with Crippen molar-refractivity contribution in [2.75, 3.05) is 6.26 Å². The third-order valence-electron chi connectivity index (χ3n) is 1.78. The van der Waals surface area contributed by atoms with Crippen LogP contribution < -0.4 is 0 Å². The molecule has 0 aromatic heterocycles. The number of carbonyl (C=O) groups is 1. The molecule has 1 rings (SSSR count). The minimum atomic E-state index is -0.493. The highest BCUT2D eigenvalue weighted by Crippen LogP contribution is 2.25. The zero-order chi connectivity index (χ0) is 11.3. The molecule has 4 nitrogen and oxygen atoms in total. The van der Waals surface area contributed by atoms with E-state index in [1.165, 1.54) is 17.8 Å². The highest BCUT2D eigenvalue weighted by atomic mass is 32.2. The number of benzene rings is 1. The molecule has 0 radical (unpaired) electrons. The third-order valence-corrected chi connectivity index (χ3v) is 2.27. The fourth-order valence-electron chi connectivity index (χ4n) is 1.16. The average molecular weight is 223 g/mol. The second-order valence-corrected chi connectivity index (χ2v) is 3.41. The van der Waals surface area contributed by atoms with E-state index in [4.69, 9.17) is 0 Å². The smallest absolute Gasteiger partial charge is 0.277 e. The van der Waals surface area contributed by atoms with Crippen LogP contribution >= 0.6 is 11.8 Å². The quantitative estimate of drug-likeness (QED) is 0.340. The summed E-state index contributed by atoms with van der Waals surface area (Å²) in [4.78, 5) is 21.0. The number of nitro groups is 1. The Hall–Kier alpha value is -1.62. The summed E-state index contributed by atoms with van der Waals surface area (Å²) in [7, 11) is 0. The molecule has 0 bridgehead atoms. The molecule has 0 spiro atoms. The Morgan fingerprint density at radius 1 is 1.47 bits per heavy atom. The SMILES string of the molecule is CS/C=C(/C=O)c1ccccc1[N+](=O)[O-]. The van der Waals surface area contributed by atoms with Crippen LogP contribution in [0.4, 0.5) is 5.69 Å². The van der Waals surface area contributed by atoms with Gasteiger partial charge in [0.1, 0.15) is 0 Å². The van der Waals surface area contributed by atoms with Gasteiger partial charge in [-0.15, -0.1) is 11.8 Å². The van der Waals surface area contributed by atoms with Crippen LogP contribution in [-0.4, -0.2) is 17.5 Å². The van der Waals surface area contributed by atoms with Crippen LogP contribution in [0.3, 0.4) is 0 Å². The van der Waals surface area contributed by atoms with Crippen molar-refractivity contribution in [3.8, 4) is 0 Å². The maximum atomic E-state index is 10.8. The first-order valence-electron chi connectivity index (χ1n) is 4.12. The van der Waals surface area contributed by atoms with Gasteiger partial charge in [-0.2, -0.15) is 0 Å². The van der Waals surface area contributed by atoms with Gasteiger partial charge >= 0.3 is 0 Å². The van der Waals surface area contributed by atoms with Crippen molar-refractivity contribution < 1.29 is 9.72 Å². The summed E-state index contributed by atoms with van der Waals surface area (Å²) >= 11 is 1.33. The summed E-state index contributed by atoms with van der Waals surface area (Å²) in [5.74, 6) is 0. The summed E-state index contributed by atoms with van der Waals surface area (Å²) in [5.41, 5.74) is 0.631. The zero-order valence-corrected chi connectivity index (χ0v) is 8.86. The average Bonchev–Trinajstić information content (AvgIpc) is 2.26. The minimum absolute atomic E-state index is 0.0510. The Kier molecular flexibility index (Phi) is 4.05. The molecule has 0 atom stereocenters. The van der Waals surface area contributed by atoms with Crippen LogP contribution in [0.15, 0.2) is 29.7 Å². The number of hydrogen-bond donors (Lipinski definition) is 0. The second-order valence-electron chi connectivity index (χ2n) is 2.70. The molecule has 0 saturated carbocycles. The van der Waals surface area contributed by atoms with Gasteiger partial charge in [0.15, 0.2) is 6.29 Å². The number of nitrogens with zero attached hydrogens (tertiary/aromatic N) is 1. The van der Waals surface area contributed by atoms with Crippen molar-refractivity contribution in [2.24, 2.45) is 0 Å². The van der Waals surface area contributed by atoms with E-state index in [1.54, 1.807) is 29.9 Å². The second kappa shape index (κ2) is 5.31. The number of thioether (sulfide) groups is 1. The van der Waals surface area contributed by atoms with Crippen molar-refractivity contribution in [3.63, 3.8) is 0 Å². The van der Waals surface area contributed by atoms with Gasteiger partial charge in [-0.3, -0.25) is 14.9 Å². The predicted octanol–water partition coefficient (Wildman–Crippen LogP) is 2.50. The standard InChI is InChI=1S/C10H9NO3S/c1-15-7-8(6-12)9-4-2-3-5-10(9)11(13)14/h2-7H,1H3/b8-7-. The van der Waals surface area contributed by atoms with Gasteiger partial charge in [-0.1, -0.05) is 12.1 Å².